The van der Waals surface area contributed by atoms with E-state index in [0.717, 1.165) is 25.7 Å². The van der Waals surface area contributed by atoms with E-state index in [0.29, 0.717) is 23.0 Å². The zero-order valence-corrected chi connectivity index (χ0v) is 15.2. The van der Waals surface area contributed by atoms with Crippen LogP contribution in [0.3, 0.4) is 0 Å². The molecule has 4 atom stereocenters. The molecule has 1 saturated heterocycles. The average molecular weight is 399 g/mol. The molecule has 2 fully saturated rings. The topological polar surface area (TPSA) is 160 Å². The molecule has 1 aliphatic carbocycles. The molecule has 3 heterocycles. The van der Waals surface area contributed by atoms with Gasteiger partial charge in [-0.1, -0.05) is 12.8 Å². The van der Waals surface area contributed by atoms with Gasteiger partial charge in [-0.05, 0) is 12.8 Å². The van der Waals surface area contributed by atoms with E-state index in [2.05, 4.69) is 20.3 Å². The maximum Gasteiger partial charge on any atom is 0.267 e. The molecule has 0 amide bonds. The van der Waals surface area contributed by atoms with Gasteiger partial charge in [0.2, 0.25) is 0 Å². The summed E-state index contributed by atoms with van der Waals surface area (Å²) in [6.07, 6.45) is 1.95. The Hall–Kier alpha value is -1.86. The van der Waals surface area contributed by atoms with E-state index >= 15 is 0 Å². The van der Waals surface area contributed by atoms with Crippen LogP contribution >= 0.6 is 0 Å². The molecule has 27 heavy (non-hydrogen) atoms. The van der Waals surface area contributed by atoms with E-state index in [1.165, 1.54) is 17.2 Å². The van der Waals surface area contributed by atoms with Crippen molar-refractivity contribution in [2.45, 2.75) is 56.3 Å². The molecule has 0 aromatic carbocycles. The molecule has 2 aliphatic rings. The largest absolute Gasteiger partial charge is 0.387 e. The van der Waals surface area contributed by atoms with Crippen LogP contribution in [0.5, 0.6) is 0 Å². The van der Waals surface area contributed by atoms with Gasteiger partial charge in [0.05, 0.1) is 6.33 Å². The number of fused-ring (bicyclic) bond motifs is 1. The van der Waals surface area contributed by atoms with Gasteiger partial charge in [-0.2, -0.15) is 8.42 Å². The van der Waals surface area contributed by atoms with Crippen molar-refractivity contribution in [2.24, 2.45) is 0 Å². The Morgan fingerprint density at radius 1 is 1.19 bits per heavy atom. The second-order valence-corrected chi connectivity index (χ2v) is 8.46. The summed E-state index contributed by atoms with van der Waals surface area (Å²) in [5.41, 5.74) is 0.877. The van der Waals surface area contributed by atoms with E-state index in [4.69, 9.17) is 9.29 Å². The van der Waals surface area contributed by atoms with Crippen LogP contribution in [0.1, 0.15) is 31.9 Å². The van der Waals surface area contributed by atoms with Crippen molar-refractivity contribution >= 4 is 27.1 Å². The minimum Gasteiger partial charge on any atom is -0.387 e. The summed E-state index contributed by atoms with van der Waals surface area (Å²) in [6.45, 7) is 0. The molecular weight excluding hydrogens is 378 g/mol. The van der Waals surface area contributed by atoms with Gasteiger partial charge < -0.3 is 20.3 Å². The molecule has 11 nitrogen and oxygen atoms in total. The number of aromatic nitrogens is 4. The number of aliphatic hydroxyl groups excluding tert-OH is 2. The van der Waals surface area contributed by atoms with Crippen molar-refractivity contribution in [1.82, 2.24) is 19.5 Å². The summed E-state index contributed by atoms with van der Waals surface area (Å²) < 4.78 is 38.1. The lowest BCUT2D eigenvalue weighted by Gasteiger charge is -2.17. The number of anilines is 1. The first-order chi connectivity index (χ1) is 12.8. The quantitative estimate of drug-likeness (QED) is 0.491. The highest BCUT2D eigenvalue weighted by molar-refractivity contribution is 7.85. The minimum atomic E-state index is -4.38. The Balaban J connectivity index is 1.62. The third-order valence-corrected chi connectivity index (χ3v) is 5.79. The fourth-order valence-electron chi connectivity index (χ4n) is 3.71. The molecule has 2 aromatic rings. The first kappa shape index (κ1) is 18.5. The van der Waals surface area contributed by atoms with Crippen molar-refractivity contribution < 1.29 is 27.9 Å². The van der Waals surface area contributed by atoms with Crippen molar-refractivity contribution in [3.05, 3.63) is 12.7 Å². The summed E-state index contributed by atoms with van der Waals surface area (Å²) in [7, 11) is -4.38. The monoisotopic (exact) mass is 399 g/mol. The lowest BCUT2D eigenvalue weighted by atomic mass is 10.1. The maximum atomic E-state index is 11.1. The number of hydrogen-bond donors (Lipinski definition) is 4. The molecular formula is C15H21N5O6S. The highest BCUT2D eigenvalue weighted by Crippen LogP contribution is 2.33. The van der Waals surface area contributed by atoms with Crippen LogP contribution < -0.4 is 5.32 Å². The highest BCUT2D eigenvalue weighted by Gasteiger charge is 2.45. The summed E-state index contributed by atoms with van der Waals surface area (Å²) in [5.74, 6) is -0.245. The van der Waals surface area contributed by atoms with E-state index in [-0.39, 0.29) is 0 Å². The molecule has 4 rings (SSSR count). The third-order valence-electron chi connectivity index (χ3n) is 5.04. The molecule has 12 heteroatoms. The van der Waals surface area contributed by atoms with Crippen molar-refractivity contribution in [1.29, 1.82) is 0 Å². The number of nitrogens with one attached hydrogen (secondary N) is 1. The number of rotatable bonds is 5. The van der Waals surface area contributed by atoms with Crippen LogP contribution in [0.4, 0.5) is 5.82 Å². The van der Waals surface area contributed by atoms with Gasteiger partial charge in [0.1, 0.15) is 30.4 Å². The summed E-state index contributed by atoms with van der Waals surface area (Å²) in [6, 6.07) is 0.322. The van der Waals surface area contributed by atoms with Gasteiger partial charge in [-0.3, -0.25) is 9.12 Å². The molecule has 4 N–H and O–H groups in total. The molecule has 148 valence electrons. The molecule has 0 spiro atoms. The molecule has 0 bridgehead atoms. The zero-order chi connectivity index (χ0) is 19.2. The number of aliphatic hydroxyl groups is 2. The van der Waals surface area contributed by atoms with Gasteiger partial charge in [0.15, 0.2) is 23.2 Å². The third kappa shape index (κ3) is 3.62. The smallest absolute Gasteiger partial charge is 0.267 e. The summed E-state index contributed by atoms with van der Waals surface area (Å²) in [5, 5.41) is 23.7. The van der Waals surface area contributed by atoms with Crippen LogP contribution in [0.15, 0.2) is 12.7 Å². The molecule has 0 unspecified atom stereocenters. The standard InChI is InChI=1S/C15H21N5O6S/c21-11-9(5-27(23,24)25)26-15(12(11)22)20-7-18-10-13(16-6-17-14(10)20)19-8-3-1-2-4-8/h6-9,11-12,15,21-22H,1-5H2,(H,16,17,19)(H,23,24,25)/t9-,11-,12-,15-/m1/s1. The van der Waals surface area contributed by atoms with E-state index < -0.39 is 40.4 Å². The summed E-state index contributed by atoms with van der Waals surface area (Å²) in [4.78, 5) is 12.7. The predicted octanol–water partition coefficient (Wildman–Crippen LogP) is -0.312. The highest BCUT2D eigenvalue weighted by atomic mass is 32.2. The maximum absolute atomic E-state index is 11.1. The fraction of sp³-hybridized carbons (Fsp3) is 0.667. The van der Waals surface area contributed by atoms with E-state index in [9.17, 15) is 18.6 Å². The Labute approximate surface area is 155 Å². The van der Waals surface area contributed by atoms with Gasteiger partial charge in [-0.25, -0.2) is 15.0 Å². The normalized spacial score (nSPS) is 29.6. The first-order valence-electron chi connectivity index (χ1n) is 8.74. The lowest BCUT2D eigenvalue weighted by molar-refractivity contribution is -0.0294. The Morgan fingerprint density at radius 2 is 1.93 bits per heavy atom. The van der Waals surface area contributed by atoms with Crippen molar-refractivity contribution in [3.63, 3.8) is 0 Å². The van der Waals surface area contributed by atoms with Crippen LogP contribution in [0.25, 0.3) is 11.2 Å². The molecule has 1 saturated carbocycles. The molecule has 0 radical (unpaired) electrons. The molecule has 1 aliphatic heterocycles. The molecule has 2 aromatic heterocycles. The predicted molar refractivity (Wildman–Crippen MR) is 93.5 cm³/mol. The second kappa shape index (κ2) is 6.95. The number of hydrogen-bond acceptors (Lipinski definition) is 9. The van der Waals surface area contributed by atoms with Crippen LogP contribution in [0.2, 0.25) is 0 Å². The second-order valence-electron chi connectivity index (χ2n) is 6.97. The minimum absolute atomic E-state index is 0.322. The Morgan fingerprint density at radius 3 is 2.63 bits per heavy atom. The Kier molecular flexibility index (Phi) is 4.76. The summed E-state index contributed by atoms with van der Waals surface area (Å²) >= 11 is 0. The van der Waals surface area contributed by atoms with Gasteiger partial charge in [0.25, 0.3) is 10.1 Å². The first-order valence-corrected chi connectivity index (χ1v) is 10.4. The van der Waals surface area contributed by atoms with Crippen LogP contribution in [0, 0.1) is 0 Å². The van der Waals surface area contributed by atoms with Gasteiger partial charge in [0, 0.05) is 6.04 Å². The van der Waals surface area contributed by atoms with Crippen LogP contribution in [-0.4, -0.2) is 72.8 Å². The number of ether oxygens (including phenoxy) is 1. The number of imidazole rings is 1. The van der Waals surface area contributed by atoms with Crippen LogP contribution in [-0.2, 0) is 14.9 Å². The van der Waals surface area contributed by atoms with Crippen molar-refractivity contribution in [3.8, 4) is 0 Å². The van der Waals surface area contributed by atoms with Gasteiger partial charge >= 0.3 is 0 Å². The lowest BCUT2D eigenvalue weighted by Crippen LogP contribution is -2.35. The van der Waals surface area contributed by atoms with E-state index in [1.807, 2.05) is 0 Å². The zero-order valence-electron chi connectivity index (χ0n) is 14.3. The van der Waals surface area contributed by atoms with Gasteiger partial charge in [-0.15, -0.1) is 0 Å². The van der Waals surface area contributed by atoms with Crippen molar-refractivity contribution in [2.75, 3.05) is 11.1 Å². The fourth-order valence-corrected chi connectivity index (χ4v) is 4.40. The van der Waals surface area contributed by atoms with E-state index in [1.54, 1.807) is 0 Å². The average Bonchev–Trinajstić information content (AvgIpc) is 3.31. The SMILES string of the molecule is O=S(=O)(O)C[C@H]1O[C@@H](n2cnc3c(NC4CCCC4)ncnc32)[C@H](O)[C@@H]1O. The number of nitrogens with zero attached hydrogens (tertiary/aromatic N) is 4. The Bertz CT molecular complexity index is 928.